The number of ether oxygens (including phenoxy) is 2. The molecular weight excluding hydrogens is 358 g/mol. The number of H-pyrrole nitrogens is 1. The van der Waals surface area contributed by atoms with Gasteiger partial charge in [-0.3, -0.25) is 4.79 Å². The van der Waals surface area contributed by atoms with Gasteiger partial charge in [0.15, 0.2) is 6.61 Å². The highest BCUT2D eigenvalue weighted by Gasteiger charge is 2.25. The average Bonchev–Trinajstić information content (AvgIpc) is 3.12. The minimum Gasteiger partial charge on any atom is -0.461 e. The highest BCUT2D eigenvalue weighted by molar-refractivity contribution is 7.10. The number of hydrogen-bond acceptors (Lipinski definition) is 8. The van der Waals surface area contributed by atoms with Crippen LogP contribution in [0.3, 0.4) is 0 Å². The van der Waals surface area contributed by atoms with Crippen molar-refractivity contribution in [1.82, 2.24) is 9.36 Å². The van der Waals surface area contributed by atoms with Gasteiger partial charge in [0, 0.05) is 18.3 Å². The molecule has 26 heavy (non-hydrogen) atoms. The van der Waals surface area contributed by atoms with Crippen LogP contribution in [0.2, 0.25) is 0 Å². The number of rotatable bonds is 7. The zero-order chi connectivity index (χ0) is 19.4. The van der Waals surface area contributed by atoms with Crippen LogP contribution in [0.4, 0.5) is 5.00 Å². The lowest BCUT2D eigenvalue weighted by atomic mass is 10.1. The molecule has 0 fully saturated rings. The zero-order valence-corrected chi connectivity index (χ0v) is 16.1. The van der Waals surface area contributed by atoms with Gasteiger partial charge in [-0.15, -0.1) is 0 Å². The predicted octanol–water partition coefficient (Wildman–Crippen LogP) is 2.65. The van der Waals surface area contributed by atoms with Crippen LogP contribution in [0.25, 0.3) is 0 Å². The van der Waals surface area contributed by atoms with Gasteiger partial charge in [-0.1, -0.05) is 0 Å². The Bertz CT molecular complexity index is 853. The molecule has 9 heteroatoms. The van der Waals surface area contributed by atoms with Crippen molar-refractivity contribution in [3.05, 3.63) is 33.8 Å². The van der Waals surface area contributed by atoms with E-state index in [1.54, 1.807) is 34.7 Å². The van der Waals surface area contributed by atoms with Crippen LogP contribution in [0.15, 0.2) is 0 Å². The molecule has 0 saturated heterocycles. The van der Waals surface area contributed by atoms with Crippen LogP contribution in [0.5, 0.6) is 0 Å². The van der Waals surface area contributed by atoms with Crippen LogP contribution in [0, 0.1) is 20.8 Å². The third kappa shape index (κ3) is 3.77. The minimum atomic E-state index is -0.620. The number of nitrogens with zero attached hydrogens (tertiary/aromatic N) is 1. The van der Waals surface area contributed by atoms with Gasteiger partial charge in [0.25, 0.3) is 0 Å². The molecule has 0 atom stereocenters. The average molecular weight is 379 g/mol. The van der Waals surface area contributed by atoms with Crippen molar-refractivity contribution in [3.63, 3.8) is 0 Å². The maximum absolute atomic E-state index is 12.5. The smallest absolute Gasteiger partial charge is 0.355 e. The highest BCUT2D eigenvalue weighted by Crippen LogP contribution is 2.25. The van der Waals surface area contributed by atoms with E-state index in [4.69, 9.17) is 9.47 Å². The summed E-state index contributed by atoms with van der Waals surface area (Å²) in [6.45, 7) is 6.53. The maximum atomic E-state index is 12.5. The van der Waals surface area contributed by atoms with E-state index >= 15 is 0 Å². The second-order valence-corrected chi connectivity index (χ2v) is 6.34. The minimum absolute atomic E-state index is 0.231. The molecule has 0 spiro atoms. The topological polar surface area (TPSA) is 110 Å². The molecule has 0 saturated carbocycles. The molecule has 0 unspecified atom stereocenters. The summed E-state index contributed by atoms with van der Waals surface area (Å²) in [5.41, 5.74) is 2.42. The lowest BCUT2D eigenvalue weighted by Crippen LogP contribution is -2.16. The fourth-order valence-electron chi connectivity index (χ4n) is 2.63. The molecule has 0 aromatic carbocycles. The normalized spacial score (nSPS) is 10.5. The van der Waals surface area contributed by atoms with E-state index in [0.717, 1.165) is 11.5 Å². The molecule has 2 aromatic rings. The second-order valence-electron chi connectivity index (χ2n) is 5.57. The third-order valence-corrected chi connectivity index (χ3v) is 4.78. The molecule has 0 amide bonds. The van der Waals surface area contributed by atoms with Crippen LogP contribution in [0.1, 0.15) is 55.1 Å². The maximum Gasteiger partial charge on any atom is 0.355 e. The van der Waals surface area contributed by atoms with Crippen molar-refractivity contribution >= 4 is 34.3 Å². The molecule has 0 aliphatic carbocycles. The third-order valence-electron chi connectivity index (χ3n) is 3.82. The summed E-state index contributed by atoms with van der Waals surface area (Å²) in [4.78, 5) is 39.6. The van der Waals surface area contributed by atoms with E-state index in [-0.39, 0.29) is 12.3 Å². The summed E-state index contributed by atoms with van der Waals surface area (Å²) in [6, 6.07) is 0. The Balaban J connectivity index is 2.14. The predicted molar refractivity (Wildman–Crippen MR) is 97.2 cm³/mol. The molecule has 8 nitrogen and oxygen atoms in total. The number of aromatic nitrogens is 2. The number of carbonyl (C=O) groups is 3. The van der Waals surface area contributed by atoms with E-state index in [1.165, 1.54) is 0 Å². The van der Waals surface area contributed by atoms with Gasteiger partial charge < -0.3 is 19.8 Å². The quantitative estimate of drug-likeness (QED) is 0.562. The largest absolute Gasteiger partial charge is 0.461 e. The van der Waals surface area contributed by atoms with E-state index < -0.39 is 24.3 Å². The Labute approximate surface area is 155 Å². The van der Waals surface area contributed by atoms with Gasteiger partial charge in [0.2, 0.25) is 5.78 Å². The molecule has 2 N–H and O–H groups in total. The molecule has 0 aliphatic rings. The Morgan fingerprint density at radius 3 is 2.42 bits per heavy atom. The lowest BCUT2D eigenvalue weighted by Gasteiger charge is -2.06. The van der Waals surface area contributed by atoms with Crippen molar-refractivity contribution < 1.29 is 23.9 Å². The number of Topliss-reactive ketones (excluding diaryl/α,β-unsaturated/α-hetero) is 1. The van der Waals surface area contributed by atoms with Gasteiger partial charge in [-0.25, -0.2) is 9.59 Å². The summed E-state index contributed by atoms with van der Waals surface area (Å²) in [5, 5.41) is 3.46. The fourth-order valence-corrected chi connectivity index (χ4v) is 3.36. The van der Waals surface area contributed by atoms with Gasteiger partial charge in [0.05, 0.1) is 12.3 Å². The molecule has 0 radical (unpaired) electrons. The monoisotopic (exact) mass is 379 g/mol. The van der Waals surface area contributed by atoms with Crippen LogP contribution >= 0.6 is 11.5 Å². The second kappa shape index (κ2) is 8.13. The van der Waals surface area contributed by atoms with Crippen LogP contribution in [-0.4, -0.2) is 47.3 Å². The first-order valence-corrected chi connectivity index (χ1v) is 8.79. The molecule has 2 aromatic heterocycles. The molecular formula is C17H21N3O5S. The number of nitrogens with one attached hydrogen (secondary N) is 2. The first-order valence-electron chi connectivity index (χ1n) is 8.02. The molecule has 2 rings (SSSR count). The van der Waals surface area contributed by atoms with E-state index in [2.05, 4.69) is 14.7 Å². The van der Waals surface area contributed by atoms with Crippen molar-refractivity contribution in [2.75, 3.05) is 25.6 Å². The first-order chi connectivity index (χ1) is 12.3. The van der Waals surface area contributed by atoms with Crippen LogP contribution < -0.4 is 5.32 Å². The summed E-state index contributed by atoms with van der Waals surface area (Å²) in [7, 11) is 1.68. The SMILES string of the molecule is CCOC(=O)c1[nH]c(C)c(C(=O)COC(=O)c2c(C)nsc2NC)c1C. The van der Waals surface area contributed by atoms with Gasteiger partial charge >= 0.3 is 11.9 Å². The highest BCUT2D eigenvalue weighted by atomic mass is 32.1. The Morgan fingerprint density at radius 1 is 1.12 bits per heavy atom. The Kier molecular flexibility index (Phi) is 6.14. The zero-order valence-electron chi connectivity index (χ0n) is 15.3. The standard InChI is InChI=1S/C17H21N3O5S/c1-6-24-17(23)14-8(2)12(9(3)19-14)11(21)7-25-16(22)13-10(4)20-26-15(13)18-5/h18-19H,6-7H2,1-5H3. The first kappa shape index (κ1) is 19.6. The summed E-state index contributed by atoms with van der Waals surface area (Å²) < 4.78 is 14.2. The summed E-state index contributed by atoms with van der Waals surface area (Å²) in [6.07, 6.45) is 0. The van der Waals surface area contributed by atoms with Gasteiger partial charge in [0.1, 0.15) is 16.3 Å². The Hall–Kier alpha value is -2.68. The number of ketones is 1. The summed E-state index contributed by atoms with van der Waals surface area (Å²) >= 11 is 1.15. The molecule has 2 heterocycles. The number of aromatic amines is 1. The fraction of sp³-hybridized carbons (Fsp3) is 0.412. The number of aryl methyl sites for hydroxylation is 2. The molecule has 0 aliphatic heterocycles. The van der Waals surface area contributed by atoms with E-state index in [1.807, 2.05) is 0 Å². The Morgan fingerprint density at radius 2 is 1.81 bits per heavy atom. The molecule has 0 bridgehead atoms. The van der Waals surface area contributed by atoms with Crippen molar-refractivity contribution in [3.8, 4) is 0 Å². The van der Waals surface area contributed by atoms with Crippen molar-refractivity contribution in [1.29, 1.82) is 0 Å². The van der Waals surface area contributed by atoms with Crippen molar-refractivity contribution in [2.24, 2.45) is 0 Å². The van der Waals surface area contributed by atoms with Crippen LogP contribution in [-0.2, 0) is 9.47 Å². The summed E-state index contributed by atoms with van der Waals surface area (Å²) in [5.74, 6) is -1.54. The van der Waals surface area contributed by atoms with Crippen molar-refractivity contribution in [2.45, 2.75) is 27.7 Å². The number of hydrogen-bond donors (Lipinski definition) is 2. The van der Waals surface area contributed by atoms with E-state index in [0.29, 0.717) is 33.1 Å². The number of anilines is 1. The van der Waals surface area contributed by atoms with Gasteiger partial charge in [-0.2, -0.15) is 4.37 Å². The number of carbonyl (C=O) groups excluding carboxylic acids is 3. The van der Waals surface area contributed by atoms with E-state index in [9.17, 15) is 14.4 Å². The molecule has 140 valence electrons. The van der Waals surface area contributed by atoms with Gasteiger partial charge in [-0.05, 0) is 44.8 Å². The lowest BCUT2D eigenvalue weighted by molar-refractivity contribution is 0.0473. The number of esters is 2.